The molecular formula is C38H55IN4O8S. The second-order valence-corrected chi connectivity index (χ2v) is 16.6. The minimum absolute atomic E-state index is 0.0786. The minimum Gasteiger partial charge on any atom is -0.461 e. The van der Waals surface area contributed by atoms with Gasteiger partial charge in [0.05, 0.1) is 5.92 Å². The molecule has 2 rings (SSSR count). The number of benzene rings is 1. The number of likely N-dealkylation sites (N-methyl/N-ethyl adjacent to an activating group) is 1. The number of halogens is 1. The quantitative estimate of drug-likeness (QED) is 0.0510. The number of rotatable bonds is 19. The van der Waals surface area contributed by atoms with Crippen molar-refractivity contribution >= 4 is 63.8 Å². The summed E-state index contributed by atoms with van der Waals surface area (Å²) in [6, 6.07) is 7.94. The van der Waals surface area contributed by atoms with Gasteiger partial charge >= 0.3 is 18.0 Å². The van der Waals surface area contributed by atoms with Crippen molar-refractivity contribution in [2.24, 2.45) is 11.8 Å². The van der Waals surface area contributed by atoms with E-state index in [0.29, 0.717) is 24.3 Å². The fourth-order valence-corrected chi connectivity index (χ4v) is 6.88. The molecule has 0 aliphatic rings. The molecule has 1 aromatic carbocycles. The van der Waals surface area contributed by atoms with Crippen molar-refractivity contribution in [1.29, 1.82) is 0 Å². The molecule has 12 nitrogen and oxygen atoms in total. The zero-order chi connectivity index (χ0) is 39.2. The first kappa shape index (κ1) is 44.6. The number of alkyl carbamates (subject to hydrolysis) is 1. The van der Waals surface area contributed by atoms with E-state index in [4.69, 9.17) is 14.2 Å². The summed E-state index contributed by atoms with van der Waals surface area (Å²) >= 11 is 3.33. The van der Waals surface area contributed by atoms with Crippen LogP contribution in [0.4, 0.5) is 4.79 Å². The van der Waals surface area contributed by atoms with Gasteiger partial charge in [0.15, 0.2) is 6.10 Å². The molecule has 288 valence electrons. The summed E-state index contributed by atoms with van der Waals surface area (Å²) < 4.78 is 16.2. The van der Waals surface area contributed by atoms with Crippen molar-refractivity contribution in [1.82, 2.24) is 20.5 Å². The van der Waals surface area contributed by atoms with E-state index in [1.165, 1.54) is 24.3 Å². The first-order chi connectivity index (χ1) is 24.4. The van der Waals surface area contributed by atoms with E-state index in [-0.39, 0.29) is 40.4 Å². The average molecular weight is 855 g/mol. The third kappa shape index (κ3) is 14.8. The van der Waals surface area contributed by atoms with Crippen LogP contribution in [0.15, 0.2) is 48.4 Å². The Bertz CT molecular complexity index is 1500. The van der Waals surface area contributed by atoms with Crippen molar-refractivity contribution in [3.8, 4) is 0 Å². The van der Waals surface area contributed by atoms with Gasteiger partial charge in [-0.15, -0.1) is 11.3 Å². The number of aromatic nitrogens is 1. The summed E-state index contributed by atoms with van der Waals surface area (Å²) in [6.07, 6.45) is 1.60. The highest BCUT2D eigenvalue weighted by Gasteiger charge is 2.37. The number of hydrogen-bond donors (Lipinski definition) is 2. The lowest BCUT2D eigenvalue weighted by atomic mass is 9.95. The van der Waals surface area contributed by atoms with Crippen LogP contribution in [-0.4, -0.2) is 81.0 Å². The Kier molecular flexibility index (Phi) is 18.2. The smallest absolute Gasteiger partial charge is 0.408 e. The lowest BCUT2D eigenvalue weighted by Gasteiger charge is -2.36. The predicted molar refractivity (Wildman–Crippen MR) is 210 cm³/mol. The summed E-state index contributed by atoms with van der Waals surface area (Å²) in [5.41, 5.74) is 0.390. The number of carbonyl (C=O) groups is 5. The van der Waals surface area contributed by atoms with Crippen molar-refractivity contribution in [2.75, 3.05) is 13.7 Å². The summed E-state index contributed by atoms with van der Waals surface area (Å²) in [6.45, 7) is 17.8. The molecule has 2 N–H and O–H groups in total. The van der Waals surface area contributed by atoms with Crippen LogP contribution in [0.1, 0.15) is 102 Å². The molecule has 0 bridgehead atoms. The van der Waals surface area contributed by atoms with Gasteiger partial charge in [-0.25, -0.2) is 9.78 Å². The maximum Gasteiger partial charge on any atom is 0.408 e. The van der Waals surface area contributed by atoms with E-state index < -0.39 is 53.7 Å². The van der Waals surface area contributed by atoms with Gasteiger partial charge in [-0.2, -0.15) is 0 Å². The van der Waals surface area contributed by atoms with Crippen molar-refractivity contribution in [3.05, 3.63) is 64.6 Å². The molecule has 3 amide bonds. The van der Waals surface area contributed by atoms with E-state index in [9.17, 15) is 24.0 Å². The summed E-state index contributed by atoms with van der Waals surface area (Å²) in [4.78, 5) is 71.3. The van der Waals surface area contributed by atoms with E-state index in [2.05, 4.69) is 44.8 Å². The van der Waals surface area contributed by atoms with Crippen LogP contribution in [0.3, 0.4) is 0 Å². The van der Waals surface area contributed by atoms with E-state index in [1.54, 1.807) is 45.0 Å². The number of alkyl halides is 1. The topological polar surface area (TPSA) is 153 Å². The monoisotopic (exact) mass is 854 g/mol. The molecule has 1 aromatic heterocycles. The average Bonchev–Trinajstić information content (AvgIpc) is 3.57. The highest BCUT2D eigenvalue weighted by molar-refractivity contribution is 14.1. The van der Waals surface area contributed by atoms with Crippen molar-refractivity contribution < 1.29 is 38.2 Å². The summed E-state index contributed by atoms with van der Waals surface area (Å²) in [5.74, 6) is -2.23. The van der Waals surface area contributed by atoms with Gasteiger partial charge in [-0.05, 0) is 51.5 Å². The van der Waals surface area contributed by atoms with E-state index in [1.807, 2.05) is 51.1 Å². The van der Waals surface area contributed by atoms with Crippen LogP contribution in [0.5, 0.6) is 0 Å². The van der Waals surface area contributed by atoms with Crippen molar-refractivity contribution in [3.63, 3.8) is 0 Å². The molecule has 52 heavy (non-hydrogen) atoms. The van der Waals surface area contributed by atoms with Crippen LogP contribution >= 0.6 is 33.9 Å². The van der Waals surface area contributed by atoms with Crippen LogP contribution in [0.25, 0.3) is 0 Å². The fraction of sp³-hybridized carbons (Fsp3) is 0.579. The highest BCUT2D eigenvalue weighted by atomic mass is 127. The van der Waals surface area contributed by atoms with Crippen LogP contribution in [0, 0.1) is 11.8 Å². The van der Waals surface area contributed by atoms with Gasteiger partial charge < -0.3 is 29.7 Å². The van der Waals surface area contributed by atoms with Gasteiger partial charge in [0.1, 0.15) is 29.0 Å². The number of esters is 2. The number of nitrogens with one attached hydrogen (secondary N) is 2. The predicted octanol–water partition coefficient (Wildman–Crippen LogP) is 6.82. The molecule has 0 spiro atoms. The lowest BCUT2D eigenvalue weighted by Crippen LogP contribution is -2.55. The molecule has 0 unspecified atom stereocenters. The maximum absolute atomic E-state index is 14.0. The molecular weight excluding hydrogens is 799 g/mol. The summed E-state index contributed by atoms with van der Waals surface area (Å²) in [5, 5.41) is 7.80. The third-order valence-corrected chi connectivity index (χ3v) is 10.7. The standard InChI is InChI=1S/C38H55IN4O8S/c1-11-18-49-36(47)24(5)19-27(20-26-16-14-13-15-17-26)40-33(45)29-22-52-34(41-29)31(50-25(6)44)21-30(23(3)4)43(10)35(46)32(28(39)12-2)42-37(48)51-38(7,8)9/h11,13-17,22-24,27-28,30-32H,1,12,18-21H2,2-10H3,(H,40,45)(H,42,48)/t24-,27+,28-,30+,31+,32-/m0/s1. The maximum atomic E-state index is 14.0. The Hall–Kier alpha value is -3.53. The molecule has 1 heterocycles. The summed E-state index contributed by atoms with van der Waals surface area (Å²) in [7, 11) is 1.67. The Morgan fingerprint density at radius 2 is 1.71 bits per heavy atom. The molecule has 6 atom stereocenters. The molecule has 0 aliphatic carbocycles. The molecule has 14 heteroatoms. The first-order valence-electron chi connectivity index (χ1n) is 17.5. The van der Waals surface area contributed by atoms with Gasteiger partial charge in [-0.1, -0.05) is 93.3 Å². The zero-order valence-electron chi connectivity index (χ0n) is 31.8. The minimum atomic E-state index is -0.857. The third-order valence-electron chi connectivity index (χ3n) is 8.14. The van der Waals surface area contributed by atoms with Gasteiger partial charge in [0, 0.05) is 41.8 Å². The molecule has 2 aromatic rings. The first-order valence-corrected chi connectivity index (χ1v) is 19.6. The van der Waals surface area contributed by atoms with Crippen LogP contribution in [0.2, 0.25) is 0 Å². The zero-order valence-corrected chi connectivity index (χ0v) is 34.7. The Morgan fingerprint density at radius 1 is 1.06 bits per heavy atom. The van der Waals surface area contributed by atoms with Gasteiger partial charge in [0.25, 0.3) is 5.91 Å². The fourth-order valence-electron chi connectivity index (χ4n) is 5.55. The van der Waals surface area contributed by atoms with E-state index >= 15 is 0 Å². The second kappa shape index (κ2) is 21.2. The molecule has 0 saturated carbocycles. The van der Waals surface area contributed by atoms with Crippen molar-refractivity contribution in [2.45, 2.75) is 115 Å². The number of thiazole rings is 1. The lowest BCUT2D eigenvalue weighted by molar-refractivity contribution is -0.149. The molecule has 0 aliphatic heterocycles. The van der Waals surface area contributed by atoms with Gasteiger partial charge in [-0.3, -0.25) is 19.2 Å². The Balaban J connectivity index is 2.32. The number of nitrogens with zero attached hydrogens (tertiary/aromatic N) is 2. The number of hydrogen-bond acceptors (Lipinski definition) is 10. The van der Waals surface area contributed by atoms with Crippen LogP contribution in [-0.2, 0) is 35.0 Å². The Labute approximate surface area is 326 Å². The number of carbonyl (C=O) groups excluding carboxylic acids is 5. The van der Waals surface area contributed by atoms with E-state index in [0.717, 1.165) is 5.56 Å². The van der Waals surface area contributed by atoms with Gasteiger partial charge in [0.2, 0.25) is 5.91 Å². The molecule has 0 saturated heterocycles. The normalized spacial score (nSPS) is 14.9. The highest BCUT2D eigenvalue weighted by Crippen LogP contribution is 2.31. The van der Waals surface area contributed by atoms with Crippen LogP contribution < -0.4 is 10.6 Å². The largest absolute Gasteiger partial charge is 0.461 e. The number of amides is 3. The number of ether oxygens (including phenoxy) is 3. The molecule has 0 radical (unpaired) electrons. The SMILES string of the molecule is C=CCOC(=O)[C@@H](C)C[C@H](Cc1ccccc1)NC(=O)c1csc([C@@H](C[C@H](C(C)C)N(C)C(=O)[C@@H](NC(=O)OC(C)(C)C)[C@@H](I)CC)OC(C)=O)n1. The molecule has 0 fully saturated rings. The second-order valence-electron chi connectivity index (χ2n) is 14.1. The Morgan fingerprint density at radius 3 is 2.27 bits per heavy atom.